The van der Waals surface area contributed by atoms with Crippen molar-refractivity contribution in [2.45, 2.75) is 50.8 Å². The first-order valence-corrected chi connectivity index (χ1v) is 9.73. The molecule has 5 rings (SSSR count). The van der Waals surface area contributed by atoms with Gasteiger partial charge in [-0.2, -0.15) is 0 Å². The van der Waals surface area contributed by atoms with E-state index < -0.39 is 11.7 Å². The third kappa shape index (κ3) is 1.80. The monoisotopic (exact) mass is 354 g/mol. The van der Waals surface area contributed by atoms with Crippen LogP contribution in [0.3, 0.4) is 0 Å². The van der Waals surface area contributed by atoms with E-state index in [4.69, 9.17) is 4.74 Å². The number of hydrogen-bond donors (Lipinski definition) is 1. The lowest BCUT2D eigenvalue weighted by molar-refractivity contribution is -0.194. The molecule has 0 spiro atoms. The van der Waals surface area contributed by atoms with Crippen LogP contribution in [0.2, 0.25) is 0 Å². The van der Waals surface area contributed by atoms with Crippen molar-refractivity contribution < 1.29 is 14.6 Å². The number of carbonyl (C=O) groups excluding carboxylic acids is 1. The van der Waals surface area contributed by atoms with Gasteiger partial charge in [0.25, 0.3) is 0 Å². The summed E-state index contributed by atoms with van der Waals surface area (Å²) in [7, 11) is 1.37. The number of hydrogen-bond acceptors (Lipinski definition) is 4. The quantitative estimate of drug-likeness (QED) is 0.843. The van der Waals surface area contributed by atoms with E-state index in [1.54, 1.807) is 0 Å². The molecule has 0 bridgehead atoms. The van der Waals surface area contributed by atoms with Crippen LogP contribution in [-0.2, 0) is 21.7 Å². The van der Waals surface area contributed by atoms with Crippen molar-refractivity contribution in [2.75, 3.05) is 20.2 Å². The van der Waals surface area contributed by atoms with Crippen molar-refractivity contribution in [2.24, 2.45) is 5.41 Å². The standard InChI is InChI=1S/C21H26N2O3/c1-3-20-10-6-11-22-12-9-15-14-7-4-5-8-16(14)23(17(15)18(20)22)21(25,13-20)19(24)26-2/h4-5,7-8,18,25H,3,6,9-13H2,1-2H3/t18-,20-,21+/m0/s1. The van der Waals surface area contributed by atoms with E-state index in [9.17, 15) is 9.90 Å². The Morgan fingerprint density at radius 1 is 1.35 bits per heavy atom. The number of fused-ring (bicyclic) bond motifs is 3. The van der Waals surface area contributed by atoms with Crippen LogP contribution in [-0.4, -0.2) is 40.7 Å². The molecule has 1 fully saturated rings. The summed E-state index contributed by atoms with van der Waals surface area (Å²) in [5.41, 5.74) is 1.69. The number of piperidine rings is 1. The predicted octanol–water partition coefficient (Wildman–Crippen LogP) is 2.95. The summed E-state index contributed by atoms with van der Waals surface area (Å²) in [6.45, 7) is 4.36. The van der Waals surface area contributed by atoms with Gasteiger partial charge < -0.3 is 14.4 Å². The minimum absolute atomic E-state index is 0.0826. The van der Waals surface area contributed by atoms with Gasteiger partial charge in [0.15, 0.2) is 0 Å². The summed E-state index contributed by atoms with van der Waals surface area (Å²) in [6, 6.07) is 8.45. The largest absolute Gasteiger partial charge is 0.465 e. The Labute approximate surface area is 153 Å². The van der Waals surface area contributed by atoms with Gasteiger partial charge in [0.05, 0.1) is 18.7 Å². The molecule has 1 N–H and O–H groups in total. The van der Waals surface area contributed by atoms with Gasteiger partial charge in [-0.05, 0) is 49.3 Å². The highest BCUT2D eigenvalue weighted by Gasteiger charge is 2.60. The number of methoxy groups -OCH3 is 1. The fourth-order valence-corrected chi connectivity index (χ4v) is 6.10. The Bertz CT molecular complexity index is 904. The van der Waals surface area contributed by atoms with E-state index in [-0.39, 0.29) is 11.5 Å². The second-order valence-corrected chi connectivity index (χ2v) is 8.21. The second-order valence-electron chi connectivity index (χ2n) is 8.21. The second kappa shape index (κ2) is 5.33. The summed E-state index contributed by atoms with van der Waals surface area (Å²) in [5, 5.41) is 12.9. The number of aliphatic hydroxyl groups is 1. The Balaban J connectivity index is 1.89. The van der Waals surface area contributed by atoms with E-state index in [0.29, 0.717) is 6.42 Å². The smallest absolute Gasteiger partial charge is 0.359 e. The molecule has 5 nitrogen and oxygen atoms in total. The molecule has 1 aromatic heterocycles. The lowest BCUT2D eigenvalue weighted by Crippen LogP contribution is -2.60. The van der Waals surface area contributed by atoms with Crippen molar-refractivity contribution in [3.63, 3.8) is 0 Å². The van der Waals surface area contributed by atoms with E-state index in [2.05, 4.69) is 17.9 Å². The molecule has 4 heterocycles. The van der Waals surface area contributed by atoms with Crippen molar-refractivity contribution in [1.82, 2.24) is 9.47 Å². The molecule has 0 aliphatic carbocycles. The fraction of sp³-hybridized carbons (Fsp3) is 0.571. The van der Waals surface area contributed by atoms with Crippen molar-refractivity contribution in [3.05, 3.63) is 35.5 Å². The number of rotatable bonds is 2. The Morgan fingerprint density at radius 3 is 2.92 bits per heavy atom. The van der Waals surface area contributed by atoms with Crippen LogP contribution >= 0.6 is 0 Å². The number of carbonyl (C=O) groups is 1. The first-order valence-electron chi connectivity index (χ1n) is 9.73. The maximum Gasteiger partial charge on any atom is 0.359 e. The molecule has 0 unspecified atom stereocenters. The van der Waals surface area contributed by atoms with Gasteiger partial charge in [-0.1, -0.05) is 25.1 Å². The zero-order valence-corrected chi connectivity index (χ0v) is 15.5. The fourth-order valence-electron chi connectivity index (χ4n) is 6.10. The minimum Gasteiger partial charge on any atom is -0.465 e. The average Bonchev–Trinajstić information content (AvgIpc) is 3.02. The number of aromatic nitrogens is 1. The van der Waals surface area contributed by atoms with Gasteiger partial charge >= 0.3 is 5.97 Å². The molecule has 0 amide bonds. The Hall–Kier alpha value is -1.85. The lowest BCUT2D eigenvalue weighted by atomic mass is 9.62. The van der Waals surface area contributed by atoms with E-state index in [1.807, 2.05) is 22.8 Å². The molecule has 1 saturated heterocycles. The summed E-state index contributed by atoms with van der Waals surface area (Å²) >= 11 is 0. The maximum atomic E-state index is 12.8. The SMILES string of the molecule is CC[C@]12CCCN3CCc4c(n(c5ccccc45)[C@](O)(C(=O)OC)C1)[C@H]32. The van der Waals surface area contributed by atoms with Gasteiger partial charge in [0.2, 0.25) is 5.72 Å². The number of para-hydroxylation sites is 1. The molecule has 2 aromatic rings. The molecule has 5 heteroatoms. The first kappa shape index (κ1) is 16.3. The molecule has 3 atom stereocenters. The van der Waals surface area contributed by atoms with Crippen molar-refractivity contribution >= 4 is 16.9 Å². The molecule has 0 radical (unpaired) electrons. The summed E-state index contributed by atoms with van der Waals surface area (Å²) in [4.78, 5) is 15.4. The maximum absolute atomic E-state index is 12.8. The highest BCUT2D eigenvalue weighted by atomic mass is 16.5. The molecule has 3 aliphatic heterocycles. The van der Waals surface area contributed by atoms with Crippen LogP contribution in [0.1, 0.15) is 49.9 Å². The third-order valence-electron chi connectivity index (χ3n) is 7.18. The summed E-state index contributed by atoms with van der Waals surface area (Å²) in [5.74, 6) is -0.546. The first-order chi connectivity index (χ1) is 12.6. The third-order valence-corrected chi connectivity index (χ3v) is 7.18. The topological polar surface area (TPSA) is 54.7 Å². The van der Waals surface area contributed by atoms with Gasteiger partial charge in [-0.25, -0.2) is 4.79 Å². The van der Waals surface area contributed by atoms with Crippen LogP contribution in [0, 0.1) is 5.41 Å². The molecule has 0 saturated carbocycles. The van der Waals surface area contributed by atoms with Gasteiger partial charge in [0, 0.05) is 24.0 Å². The molecule has 1 aromatic carbocycles. The molecular formula is C21H26N2O3. The van der Waals surface area contributed by atoms with Crippen LogP contribution in [0.25, 0.3) is 10.9 Å². The lowest BCUT2D eigenvalue weighted by Gasteiger charge is -2.57. The average molecular weight is 354 g/mol. The van der Waals surface area contributed by atoms with Crippen LogP contribution < -0.4 is 0 Å². The summed E-state index contributed by atoms with van der Waals surface area (Å²) < 4.78 is 7.01. The Morgan fingerprint density at radius 2 is 2.15 bits per heavy atom. The van der Waals surface area contributed by atoms with Crippen LogP contribution in [0.4, 0.5) is 0 Å². The van der Waals surface area contributed by atoms with E-state index in [0.717, 1.165) is 50.0 Å². The van der Waals surface area contributed by atoms with E-state index in [1.165, 1.54) is 18.1 Å². The minimum atomic E-state index is -1.63. The van der Waals surface area contributed by atoms with Gasteiger partial charge in [-0.3, -0.25) is 4.90 Å². The number of nitrogens with zero attached hydrogens (tertiary/aromatic N) is 2. The number of benzene rings is 1. The van der Waals surface area contributed by atoms with Crippen molar-refractivity contribution in [3.8, 4) is 0 Å². The van der Waals surface area contributed by atoms with Gasteiger partial charge in [0.1, 0.15) is 0 Å². The van der Waals surface area contributed by atoms with Crippen LogP contribution in [0.5, 0.6) is 0 Å². The predicted molar refractivity (Wildman–Crippen MR) is 98.7 cm³/mol. The molecular weight excluding hydrogens is 328 g/mol. The summed E-state index contributed by atoms with van der Waals surface area (Å²) in [6.07, 6.45) is 4.52. The number of ether oxygens (including phenoxy) is 1. The zero-order chi connectivity index (χ0) is 18.1. The van der Waals surface area contributed by atoms with E-state index >= 15 is 0 Å². The normalized spacial score (nSPS) is 33.1. The Kier molecular flexibility index (Phi) is 3.35. The molecule has 3 aliphatic rings. The zero-order valence-electron chi connectivity index (χ0n) is 15.5. The van der Waals surface area contributed by atoms with Crippen molar-refractivity contribution in [1.29, 1.82) is 0 Å². The van der Waals surface area contributed by atoms with Gasteiger partial charge in [-0.15, -0.1) is 0 Å². The molecule has 138 valence electrons. The highest BCUT2D eigenvalue weighted by molar-refractivity contribution is 5.90. The highest BCUT2D eigenvalue weighted by Crippen LogP contribution is 2.60. The van der Waals surface area contributed by atoms with Crippen LogP contribution in [0.15, 0.2) is 24.3 Å². The molecule has 26 heavy (non-hydrogen) atoms. The number of esters is 1.